The van der Waals surface area contributed by atoms with Crippen molar-refractivity contribution in [3.63, 3.8) is 0 Å². The van der Waals surface area contributed by atoms with Gasteiger partial charge < -0.3 is 13.5 Å². The molecule has 0 spiro atoms. The third-order valence-electron chi connectivity index (χ3n) is 0. The Morgan fingerprint density at radius 1 is 1.25 bits per heavy atom. The Balaban J connectivity index is 0. The summed E-state index contributed by atoms with van der Waals surface area (Å²) in [5.41, 5.74) is 0. The van der Waals surface area contributed by atoms with Gasteiger partial charge in [0.15, 0.2) is 0 Å². The Kier molecular flexibility index (Phi) is 21.8. The normalized spacial score (nSPS) is 3.50. The summed E-state index contributed by atoms with van der Waals surface area (Å²) in [7, 11) is 0.628. The molecule has 0 nitrogen and oxygen atoms in total. The Morgan fingerprint density at radius 3 is 1.25 bits per heavy atom. The Morgan fingerprint density at radius 2 is 1.25 bits per heavy atom. The van der Waals surface area contributed by atoms with Crippen LogP contribution in [0.3, 0.4) is 0 Å². The zero-order valence-electron chi connectivity index (χ0n) is 1.65. The maximum Gasteiger partial charge on any atom is -0.813 e. The molecule has 0 amide bonds. The van der Waals surface area contributed by atoms with Gasteiger partial charge in [0.25, 0.3) is 0 Å². The van der Waals surface area contributed by atoms with Gasteiger partial charge in [0, 0.05) is 0 Å². The van der Waals surface area contributed by atoms with Gasteiger partial charge in [-0.2, -0.15) is 0 Å². The minimum atomic E-state index is 0. The van der Waals surface area contributed by atoms with E-state index >= 15 is 0 Å². The van der Waals surface area contributed by atoms with Crippen molar-refractivity contribution in [1.29, 1.82) is 0 Å². The van der Waals surface area contributed by atoms with Gasteiger partial charge in [-0.05, 0) is 0 Å². The second kappa shape index (κ2) is 9.04. The summed E-state index contributed by atoms with van der Waals surface area (Å²) in [6.07, 6.45) is 0. The summed E-state index contributed by atoms with van der Waals surface area (Å²) in [5.74, 6) is 0. The van der Waals surface area contributed by atoms with Crippen molar-refractivity contribution in [3.8, 4) is 0 Å². The summed E-state index contributed by atoms with van der Waals surface area (Å²) >= 11 is 4.74. The van der Waals surface area contributed by atoms with E-state index in [1.165, 1.54) is 0 Å². The fourth-order valence-electron chi connectivity index (χ4n) is 0. The number of halogens is 2. The number of hydrogen-bond acceptors (Lipinski definition) is 1. The zero-order valence-corrected chi connectivity index (χ0v) is 8.26. The molecule has 0 aromatic carbocycles. The van der Waals surface area contributed by atoms with Gasteiger partial charge in [0.1, 0.15) is 0 Å². The van der Waals surface area contributed by atoms with Gasteiger partial charge in [0.05, 0.1) is 0 Å². The first-order chi connectivity index (χ1) is 1.41. The first kappa shape index (κ1) is 9.64. The van der Waals surface area contributed by atoms with Crippen LogP contribution in [0.15, 0.2) is 0 Å². The Bertz CT molecular complexity index is 6.00. The van der Waals surface area contributed by atoms with E-state index in [4.69, 9.17) is 0 Å². The molecule has 0 aliphatic carbocycles. The summed E-state index contributed by atoms with van der Waals surface area (Å²) in [4.78, 5) is 0. The SMILES string of the molecule is [I][V][I].[SH-]. The molecule has 0 aromatic heterocycles. The first-order valence-corrected chi connectivity index (χ1v) is 9.35. The van der Waals surface area contributed by atoms with Crippen LogP contribution in [0.4, 0.5) is 0 Å². The molecule has 0 rings (SSSR count). The van der Waals surface area contributed by atoms with Gasteiger partial charge in [0.2, 0.25) is 0 Å². The van der Waals surface area contributed by atoms with Gasteiger partial charge in [-0.15, -0.1) is 0 Å². The smallest absolute Gasteiger partial charge is 0.813 e. The summed E-state index contributed by atoms with van der Waals surface area (Å²) in [5, 5.41) is 0. The first-order valence-electron chi connectivity index (χ1n) is 0.338. The van der Waals surface area contributed by atoms with E-state index in [1.54, 1.807) is 0 Å². The molecule has 0 heterocycles. The average Bonchev–Trinajstić information content (AvgIpc) is 0.918. The molecule has 0 radical (unpaired) electrons. The Labute approximate surface area is 61.8 Å². The van der Waals surface area contributed by atoms with Crippen LogP contribution >= 0.6 is 40.0 Å². The van der Waals surface area contributed by atoms with Crippen molar-refractivity contribution in [2.24, 2.45) is 0 Å². The molecule has 0 atom stereocenters. The molecule has 0 N–H and O–H groups in total. The van der Waals surface area contributed by atoms with E-state index < -0.39 is 0 Å². The number of hydrogen-bond donors (Lipinski definition) is 0. The average molecular weight is 338 g/mol. The maximum absolute atomic E-state index is 2.37. The minimum Gasteiger partial charge on any atom is -0.813 e. The topological polar surface area (TPSA) is 0 Å². The molecule has 0 saturated heterocycles. The van der Waals surface area contributed by atoms with Crippen LogP contribution in [0.25, 0.3) is 0 Å². The zero-order chi connectivity index (χ0) is 2.71. The molecule has 4 heavy (non-hydrogen) atoms. The second-order valence-corrected chi connectivity index (χ2v) is 11.9. The van der Waals surface area contributed by atoms with Crippen molar-refractivity contribution in [2.45, 2.75) is 0 Å². The molecule has 0 fully saturated rings. The van der Waals surface area contributed by atoms with Gasteiger partial charge in [-0.25, -0.2) is 0 Å². The Hall–Kier alpha value is 2.39. The van der Waals surface area contributed by atoms with Crippen molar-refractivity contribution in [3.05, 3.63) is 0 Å². The molecule has 0 unspecified atom stereocenters. The molecule has 0 aliphatic heterocycles. The summed E-state index contributed by atoms with van der Waals surface area (Å²) < 4.78 is 0. The molecule has 4 heteroatoms. The van der Waals surface area contributed by atoms with Crippen LogP contribution in [0.1, 0.15) is 0 Å². The van der Waals surface area contributed by atoms with Crippen LogP contribution in [0.2, 0.25) is 0 Å². The van der Waals surface area contributed by atoms with Crippen LogP contribution in [0.5, 0.6) is 0 Å². The fourth-order valence-corrected chi connectivity index (χ4v) is 0. The van der Waals surface area contributed by atoms with Gasteiger partial charge in [-0.1, -0.05) is 0 Å². The van der Waals surface area contributed by atoms with Crippen molar-refractivity contribution in [2.75, 3.05) is 0 Å². The summed E-state index contributed by atoms with van der Waals surface area (Å²) in [6, 6.07) is 0. The van der Waals surface area contributed by atoms with E-state index in [-0.39, 0.29) is 13.5 Å². The van der Waals surface area contributed by atoms with E-state index in [0.29, 0.717) is 9.47 Å². The standard InChI is InChI=1S/2HI.H2S.V/h2*1H;1H2;/q;;;+2/p-3. The van der Waals surface area contributed by atoms with E-state index in [1.807, 2.05) is 0 Å². The molecular formula is HI2SV-. The number of thiol groups is 1. The predicted molar refractivity (Wildman–Crippen MR) is 36.8 cm³/mol. The molecule has 0 aliphatic rings. The molecule has 27 valence electrons. The monoisotopic (exact) mass is 338 g/mol. The third-order valence-corrected chi connectivity index (χ3v) is 0. The van der Waals surface area contributed by atoms with Crippen LogP contribution in [-0.2, 0) is 23.0 Å². The molecule has 0 saturated carbocycles. The van der Waals surface area contributed by atoms with Gasteiger partial charge >= 0.3 is 49.4 Å². The molecule has 0 bridgehead atoms. The molecular weight excluding hydrogens is 337 g/mol. The quantitative estimate of drug-likeness (QED) is 0.367. The second-order valence-electron chi connectivity index (χ2n) is 0.0639. The van der Waals surface area contributed by atoms with Crippen LogP contribution in [-0.4, -0.2) is 0 Å². The maximum atomic E-state index is 2.37. The molecule has 0 aromatic rings. The number of rotatable bonds is 0. The van der Waals surface area contributed by atoms with E-state index in [2.05, 4.69) is 40.0 Å². The fraction of sp³-hybridized carbons (Fsp3) is 0. The van der Waals surface area contributed by atoms with E-state index in [9.17, 15) is 0 Å². The largest absolute Gasteiger partial charge is 0.813 e. The van der Waals surface area contributed by atoms with Crippen LogP contribution in [0, 0.1) is 0 Å². The van der Waals surface area contributed by atoms with Gasteiger partial charge in [-0.3, -0.25) is 0 Å². The third kappa shape index (κ3) is 8.83. The van der Waals surface area contributed by atoms with Crippen molar-refractivity contribution >= 4 is 53.5 Å². The van der Waals surface area contributed by atoms with Crippen LogP contribution < -0.4 is 0 Å². The predicted octanol–water partition coefficient (Wildman–Crippen LogP) is 1.50. The van der Waals surface area contributed by atoms with Crippen molar-refractivity contribution in [1.82, 2.24) is 0 Å². The van der Waals surface area contributed by atoms with E-state index in [0.717, 1.165) is 0 Å². The minimum absolute atomic E-state index is 0. The van der Waals surface area contributed by atoms with Crippen molar-refractivity contribution < 1.29 is 9.47 Å². The summed E-state index contributed by atoms with van der Waals surface area (Å²) in [6.45, 7) is 0.